The molecule has 5 aliphatic rings. The van der Waals surface area contributed by atoms with Crippen molar-refractivity contribution in [2.45, 2.75) is 50.5 Å². The highest BCUT2D eigenvalue weighted by Crippen LogP contribution is 2.55. The summed E-state index contributed by atoms with van der Waals surface area (Å²) in [4.78, 5) is 12.4. The molecular weight excluding hydrogens is 274 g/mol. The van der Waals surface area contributed by atoms with E-state index in [0.29, 0.717) is 6.42 Å². The molecule has 1 amide bonds. The van der Waals surface area contributed by atoms with Gasteiger partial charge in [0.25, 0.3) is 0 Å². The van der Waals surface area contributed by atoms with Crippen molar-refractivity contribution in [1.29, 1.82) is 0 Å². The molecule has 4 saturated carbocycles. The zero-order valence-corrected chi connectivity index (χ0v) is 12.6. The molecule has 5 rings (SSSR count). The second-order valence-electron chi connectivity index (χ2n) is 7.79. The van der Waals surface area contributed by atoms with Crippen LogP contribution in [-0.4, -0.2) is 31.4 Å². The van der Waals surface area contributed by atoms with Crippen LogP contribution >= 0.6 is 0 Å². The van der Waals surface area contributed by atoms with Crippen molar-refractivity contribution in [2.75, 3.05) is 11.5 Å². The summed E-state index contributed by atoms with van der Waals surface area (Å²) in [6, 6.07) is 0. The molecule has 1 N–H and O–H groups in total. The number of sulfone groups is 1. The Morgan fingerprint density at radius 2 is 1.55 bits per heavy atom. The van der Waals surface area contributed by atoms with Crippen molar-refractivity contribution >= 4 is 15.7 Å². The molecule has 5 fully saturated rings. The maximum absolute atomic E-state index is 12.4. The summed E-state index contributed by atoms with van der Waals surface area (Å²) >= 11 is 0. The molecule has 0 aromatic rings. The van der Waals surface area contributed by atoms with Crippen molar-refractivity contribution in [3.05, 3.63) is 0 Å². The Morgan fingerprint density at radius 3 is 2.00 bits per heavy atom. The highest BCUT2D eigenvalue weighted by Gasteiger charge is 2.52. The Kier molecular flexibility index (Phi) is 2.76. The molecule has 112 valence electrons. The van der Waals surface area contributed by atoms with E-state index in [4.69, 9.17) is 0 Å². The maximum Gasteiger partial charge on any atom is 0.224 e. The third-order valence-electron chi connectivity index (χ3n) is 6.03. The van der Waals surface area contributed by atoms with Crippen LogP contribution in [0.5, 0.6) is 0 Å². The Hall–Kier alpha value is -0.580. The van der Waals surface area contributed by atoms with Gasteiger partial charge in [-0.1, -0.05) is 0 Å². The van der Waals surface area contributed by atoms with Crippen molar-refractivity contribution in [3.63, 3.8) is 0 Å². The van der Waals surface area contributed by atoms with Crippen LogP contribution in [0.3, 0.4) is 0 Å². The fourth-order valence-corrected chi connectivity index (χ4v) is 7.37. The van der Waals surface area contributed by atoms with Gasteiger partial charge < -0.3 is 5.32 Å². The topological polar surface area (TPSA) is 63.2 Å². The molecule has 1 aliphatic heterocycles. The van der Waals surface area contributed by atoms with E-state index in [1.807, 2.05) is 0 Å². The van der Waals surface area contributed by atoms with E-state index < -0.39 is 9.84 Å². The average molecular weight is 297 g/mol. The Balaban J connectivity index is 1.48. The molecule has 0 aromatic carbocycles. The fourth-order valence-electron chi connectivity index (χ4n) is 5.63. The van der Waals surface area contributed by atoms with Gasteiger partial charge in [0, 0.05) is 5.54 Å². The third kappa shape index (κ3) is 2.18. The molecule has 1 atom stereocenters. The normalized spacial score (nSPS) is 48.4. The van der Waals surface area contributed by atoms with Crippen LogP contribution in [0.15, 0.2) is 0 Å². The van der Waals surface area contributed by atoms with E-state index in [-0.39, 0.29) is 28.9 Å². The van der Waals surface area contributed by atoms with Gasteiger partial charge in [-0.15, -0.1) is 0 Å². The van der Waals surface area contributed by atoms with E-state index in [9.17, 15) is 13.2 Å². The molecule has 1 heterocycles. The summed E-state index contributed by atoms with van der Waals surface area (Å²) in [7, 11) is -2.97. The lowest BCUT2D eigenvalue weighted by Crippen LogP contribution is -2.60. The van der Waals surface area contributed by atoms with E-state index in [1.165, 1.54) is 19.3 Å². The first-order chi connectivity index (χ1) is 9.43. The number of carbonyl (C=O) groups excluding carboxylic acids is 1. The number of amides is 1. The number of hydrogen-bond donors (Lipinski definition) is 1. The van der Waals surface area contributed by atoms with Gasteiger partial charge in [-0.2, -0.15) is 0 Å². The van der Waals surface area contributed by atoms with E-state index in [0.717, 1.165) is 37.0 Å². The molecule has 4 aliphatic carbocycles. The van der Waals surface area contributed by atoms with Gasteiger partial charge in [-0.25, -0.2) is 8.42 Å². The lowest BCUT2D eigenvalue weighted by molar-refractivity contribution is -0.130. The summed E-state index contributed by atoms with van der Waals surface area (Å²) < 4.78 is 23.1. The van der Waals surface area contributed by atoms with Crippen LogP contribution in [0.1, 0.15) is 44.9 Å². The minimum atomic E-state index is -2.97. The van der Waals surface area contributed by atoms with Gasteiger partial charge in [0.1, 0.15) is 0 Å². The minimum absolute atomic E-state index is 0.00743. The van der Waals surface area contributed by atoms with Crippen LogP contribution in [0.25, 0.3) is 0 Å². The predicted molar refractivity (Wildman–Crippen MR) is 75.8 cm³/mol. The summed E-state index contributed by atoms with van der Waals surface area (Å²) in [5, 5.41) is 3.30. The second kappa shape index (κ2) is 4.21. The molecule has 20 heavy (non-hydrogen) atoms. The summed E-state index contributed by atoms with van der Waals surface area (Å²) in [5.41, 5.74) is 0.0121. The van der Waals surface area contributed by atoms with Crippen molar-refractivity contribution in [1.82, 2.24) is 5.32 Å². The van der Waals surface area contributed by atoms with Gasteiger partial charge in [0.05, 0.1) is 17.4 Å². The number of rotatable bonds is 2. The van der Waals surface area contributed by atoms with E-state index >= 15 is 0 Å². The standard InChI is InChI=1S/C15H23NO3S/c17-14(13-1-2-20(18,19)9-13)16-15-6-10-3-11(7-15)5-12(4-10)8-15/h10-13H,1-9H2,(H,16,17)/t10?,11?,12?,13-,15?/m1/s1. The van der Waals surface area contributed by atoms with Crippen molar-refractivity contribution < 1.29 is 13.2 Å². The minimum Gasteiger partial charge on any atom is -0.350 e. The molecule has 0 aromatic heterocycles. The summed E-state index contributed by atoms with van der Waals surface area (Å²) in [6.07, 6.45) is 7.96. The predicted octanol–water partition coefficient (Wildman–Crippen LogP) is 1.51. The van der Waals surface area contributed by atoms with Gasteiger partial charge in [-0.05, 0) is 62.7 Å². The van der Waals surface area contributed by atoms with Crippen LogP contribution in [0.2, 0.25) is 0 Å². The molecule has 4 nitrogen and oxygen atoms in total. The SMILES string of the molecule is O=C(NC12CC3CC(CC(C3)C1)C2)[C@@H]1CCS(=O)(=O)C1. The van der Waals surface area contributed by atoms with Gasteiger partial charge in [0.2, 0.25) is 5.91 Å². The average Bonchev–Trinajstić information content (AvgIpc) is 2.67. The van der Waals surface area contributed by atoms with Crippen LogP contribution in [0.4, 0.5) is 0 Å². The monoisotopic (exact) mass is 297 g/mol. The largest absolute Gasteiger partial charge is 0.350 e. The van der Waals surface area contributed by atoms with Gasteiger partial charge in [-0.3, -0.25) is 4.79 Å². The first-order valence-electron chi connectivity index (χ1n) is 7.95. The molecule has 4 bridgehead atoms. The molecule has 0 radical (unpaired) electrons. The number of hydrogen-bond acceptors (Lipinski definition) is 3. The fraction of sp³-hybridized carbons (Fsp3) is 0.933. The Morgan fingerprint density at radius 1 is 1.00 bits per heavy atom. The van der Waals surface area contributed by atoms with Crippen LogP contribution in [0, 0.1) is 23.7 Å². The van der Waals surface area contributed by atoms with Crippen molar-refractivity contribution in [2.24, 2.45) is 23.7 Å². The van der Waals surface area contributed by atoms with Gasteiger partial charge in [0.15, 0.2) is 9.84 Å². The second-order valence-corrected chi connectivity index (χ2v) is 10.0. The highest BCUT2D eigenvalue weighted by molar-refractivity contribution is 7.91. The Labute approximate surface area is 120 Å². The van der Waals surface area contributed by atoms with E-state index in [1.54, 1.807) is 0 Å². The van der Waals surface area contributed by atoms with Crippen molar-refractivity contribution in [3.8, 4) is 0 Å². The van der Waals surface area contributed by atoms with Crippen LogP contribution in [-0.2, 0) is 14.6 Å². The molecule has 5 heteroatoms. The lowest BCUT2D eigenvalue weighted by atomic mass is 9.53. The quantitative estimate of drug-likeness (QED) is 0.840. The van der Waals surface area contributed by atoms with Crippen LogP contribution < -0.4 is 5.32 Å². The number of carbonyl (C=O) groups is 1. The molecular formula is C15H23NO3S. The highest BCUT2D eigenvalue weighted by atomic mass is 32.2. The Bertz CT molecular complexity index is 504. The smallest absolute Gasteiger partial charge is 0.224 e. The zero-order chi connectivity index (χ0) is 14.0. The maximum atomic E-state index is 12.4. The molecule has 0 unspecified atom stereocenters. The molecule has 0 spiro atoms. The summed E-state index contributed by atoms with van der Waals surface area (Å²) in [6.45, 7) is 0. The third-order valence-corrected chi connectivity index (χ3v) is 7.80. The first kappa shape index (κ1) is 13.1. The van der Waals surface area contributed by atoms with E-state index in [2.05, 4.69) is 5.32 Å². The molecule has 1 saturated heterocycles. The first-order valence-corrected chi connectivity index (χ1v) is 9.78. The lowest BCUT2D eigenvalue weighted by Gasteiger charge is -2.57. The summed E-state index contributed by atoms with van der Waals surface area (Å²) in [5.74, 6) is 2.36. The zero-order valence-electron chi connectivity index (χ0n) is 11.8. The number of nitrogens with one attached hydrogen (secondary N) is 1. The van der Waals surface area contributed by atoms with Gasteiger partial charge >= 0.3 is 0 Å².